The fraction of sp³-hybridized carbons (Fsp3) is 0.435. The van der Waals surface area contributed by atoms with Gasteiger partial charge in [-0.2, -0.15) is 0 Å². The molecule has 0 aromatic heterocycles. The normalized spacial score (nSPS) is 22.3. The van der Waals surface area contributed by atoms with E-state index in [9.17, 15) is 9.18 Å². The van der Waals surface area contributed by atoms with Crippen LogP contribution >= 0.6 is 0 Å². The van der Waals surface area contributed by atoms with E-state index in [1.807, 2.05) is 36.4 Å². The van der Waals surface area contributed by atoms with Gasteiger partial charge in [0.15, 0.2) is 0 Å². The van der Waals surface area contributed by atoms with Crippen LogP contribution in [0.2, 0.25) is 0 Å². The summed E-state index contributed by atoms with van der Waals surface area (Å²) in [6.45, 7) is 3.52. The highest BCUT2D eigenvalue weighted by molar-refractivity contribution is 5.79. The number of carbonyl (C=O) groups excluding carboxylic acids is 1. The Morgan fingerprint density at radius 1 is 0.929 bits per heavy atom. The summed E-state index contributed by atoms with van der Waals surface area (Å²) < 4.78 is 13.2. The van der Waals surface area contributed by atoms with E-state index >= 15 is 0 Å². The quantitative estimate of drug-likeness (QED) is 0.865. The first-order valence-corrected chi connectivity index (χ1v) is 10.1. The van der Waals surface area contributed by atoms with Crippen molar-refractivity contribution in [3.8, 4) is 0 Å². The number of hydrogen-bond donors (Lipinski definition) is 1. The Bertz CT molecular complexity index is 806. The van der Waals surface area contributed by atoms with Crippen molar-refractivity contribution in [1.82, 2.24) is 9.80 Å². The lowest BCUT2D eigenvalue weighted by atomic mass is 9.94. The molecule has 148 valence electrons. The maximum Gasteiger partial charge on any atom is 0.227 e. The second-order valence-corrected chi connectivity index (χ2v) is 8.12. The van der Waals surface area contributed by atoms with Crippen LogP contribution in [0.25, 0.3) is 0 Å². The molecule has 0 radical (unpaired) electrons. The van der Waals surface area contributed by atoms with Gasteiger partial charge in [-0.3, -0.25) is 9.69 Å². The molecule has 3 saturated heterocycles. The molecule has 2 aromatic rings. The summed E-state index contributed by atoms with van der Waals surface area (Å²) in [6.07, 6.45) is 2.63. The Morgan fingerprint density at radius 2 is 1.61 bits per heavy atom. The predicted octanol–water partition coefficient (Wildman–Crippen LogP) is 2.98. The van der Waals surface area contributed by atoms with E-state index in [1.165, 1.54) is 18.6 Å². The van der Waals surface area contributed by atoms with Crippen LogP contribution in [0.1, 0.15) is 29.5 Å². The van der Waals surface area contributed by atoms with Crippen molar-refractivity contribution in [3.05, 3.63) is 71.0 Å². The maximum absolute atomic E-state index is 13.2. The number of halogens is 1. The van der Waals surface area contributed by atoms with Crippen LogP contribution in [0.5, 0.6) is 0 Å². The molecule has 0 saturated carbocycles. The zero-order chi connectivity index (χ0) is 19.5. The number of nitrogens with zero attached hydrogens (tertiary/aromatic N) is 2. The Labute approximate surface area is 165 Å². The highest BCUT2D eigenvalue weighted by Gasteiger charge is 2.36. The van der Waals surface area contributed by atoms with Gasteiger partial charge in [-0.25, -0.2) is 4.39 Å². The van der Waals surface area contributed by atoms with E-state index in [0.29, 0.717) is 12.3 Å². The van der Waals surface area contributed by atoms with Crippen LogP contribution in [0.4, 0.5) is 4.39 Å². The third-order valence-electron chi connectivity index (χ3n) is 5.99. The van der Waals surface area contributed by atoms with Crippen molar-refractivity contribution >= 4 is 5.91 Å². The third-order valence-corrected chi connectivity index (χ3v) is 5.99. The third kappa shape index (κ3) is 4.42. The second-order valence-electron chi connectivity index (χ2n) is 8.12. The fourth-order valence-corrected chi connectivity index (χ4v) is 4.50. The lowest BCUT2D eigenvalue weighted by Gasteiger charge is -2.36. The minimum atomic E-state index is -0.205. The van der Waals surface area contributed by atoms with Gasteiger partial charge in [-0.15, -0.1) is 0 Å². The van der Waals surface area contributed by atoms with E-state index in [0.717, 1.165) is 49.3 Å². The molecule has 1 N–H and O–H groups in total. The monoisotopic (exact) mass is 382 g/mol. The molecule has 4 nitrogen and oxygen atoms in total. The summed E-state index contributed by atoms with van der Waals surface area (Å²) in [4.78, 5) is 17.5. The first kappa shape index (κ1) is 19.1. The Kier molecular flexibility index (Phi) is 5.74. The molecule has 5 rings (SSSR count). The van der Waals surface area contributed by atoms with Crippen LogP contribution in [0.3, 0.4) is 0 Å². The van der Waals surface area contributed by atoms with Gasteiger partial charge in [0.1, 0.15) is 5.82 Å². The summed E-state index contributed by atoms with van der Waals surface area (Å²) >= 11 is 0. The number of piperidine rings is 1. The smallest absolute Gasteiger partial charge is 0.227 e. The number of rotatable bonds is 5. The number of fused-ring (bicyclic) bond motifs is 4. The van der Waals surface area contributed by atoms with Crippen LogP contribution in [-0.2, 0) is 24.4 Å². The minimum absolute atomic E-state index is 0.0218. The van der Waals surface area contributed by atoms with E-state index in [-0.39, 0.29) is 24.4 Å². The van der Waals surface area contributed by atoms with Crippen LogP contribution in [0, 0.1) is 11.7 Å². The summed E-state index contributed by atoms with van der Waals surface area (Å²) in [5, 5.41) is 9.16. The highest BCUT2D eigenvalue weighted by Crippen LogP contribution is 2.29. The van der Waals surface area contributed by atoms with E-state index in [2.05, 4.69) is 9.80 Å². The summed E-state index contributed by atoms with van der Waals surface area (Å²) in [6, 6.07) is 14.6. The van der Waals surface area contributed by atoms with Crippen molar-refractivity contribution in [3.63, 3.8) is 0 Å². The number of benzene rings is 2. The van der Waals surface area contributed by atoms with Crippen LogP contribution in [-0.4, -0.2) is 46.5 Å². The number of amides is 1. The number of carbonyl (C=O) groups is 1. The first-order valence-electron chi connectivity index (χ1n) is 10.1. The largest absolute Gasteiger partial charge is 0.392 e. The molecule has 28 heavy (non-hydrogen) atoms. The number of aliphatic hydroxyl groups excluding tert-OH is 1. The van der Waals surface area contributed by atoms with E-state index in [1.54, 1.807) is 0 Å². The molecular formula is C23H27FN2O2. The average molecular weight is 382 g/mol. The van der Waals surface area contributed by atoms with Gasteiger partial charge < -0.3 is 10.0 Å². The number of aliphatic hydroxyl groups is 1. The van der Waals surface area contributed by atoms with Crippen molar-refractivity contribution in [2.45, 2.75) is 38.5 Å². The van der Waals surface area contributed by atoms with E-state index in [4.69, 9.17) is 5.11 Å². The van der Waals surface area contributed by atoms with Gasteiger partial charge in [0.05, 0.1) is 13.0 Å². The van der Waals surface area contributed by atoms with Gasteiger partial charge in [-0.05, 0) is 47.6 Å². The molecule has 3 heterocycles. The predicted molar refractivity (Wildman–Crippen MR) is 106 cm³/mol. The Hall–Kier alpha value is -2.24. The molecule has 3 aliphatic rings. The SMILES string of the molecule is O=C(Cc1ccc(CO)cc1)N1C[C@H]2CC[C@@H]1CN(Cc1ccc(F)cc1)C2. The molecule has 0 unspecified atom stereocenters. The van der Waals surface area contributed by atoms with Gasteiger partial charge in [0.2, 0.25) is 5.91 Å². The molecule has 3 fully saturated rings. The summed E-state index contributed by atoms with van der Waals surface area (Å²) in [5.74, 6) is 0.485. The first-order chi connectivity index (χ1) is 13.6. The van der Waals surface area contributed by atoms with Crippen molar-refractivity contribution in [2.75, 3.05) is 19.6 Å². The molecular weight excluding hydrogens is 355 g/mol. The zero-order valence-electron chi connectivity index (χ0n) is 16.1. The molecule has 1 amide bonds. The molecule has 2 bridgehead atoms. The molecule has 3 aliphatic heterocycles. The van der Waals surface area contributed by atoms with Gasteiger partial charge in [0, 0.05) is 32.2 Å². The maximum atomic E-state index is 13.2. The molecule has 0 spiro atoms. The minimum Gasteiger partial charge on any atom is -0.392 e. The van der Waals surface area contributed by atoms with Crippen molar-refractivity contribution < 1.29 is 14.3 Å². The Balaban J connectivity index is 1.40. The molecule has 0 aliphatic carbocycles. The van der Waals surface area contributed by atoms with Gasteiger partial charge in [-0.1, -0.05) is 36.4 Å². The highest BCUT2D eigenvalue weighted by atomic mass is 19.1. The summed E-state index contributed by atoms with van der Waals surface area (Å²) in [5.41, 5.74) is 2.97. The summed E-state index contributed by atoms with van der Waals surface area (Å²) in [7, 11) is 0. The Morgan fingerprint density at radius 3 is 2.32 bits per heavy atom. The zero-order valence-corrected chi connectivity index (χ0v) is 16.1. The lowest BCUT2D eigenvalue weighted by molar-refractivity contribution is -0.134. The second kappa shape index (κ2) is 8.41. The van der Waals surface area contributed by atoms with Gasteiger partial charge in [0.25, 0.3) is 0 Å². The standard InChI is InChI=1S/C23H27FN2O2/c24-21-8-5-18(6-9-21)12-25-13-20-7-10-22(15-25)26(14-20)23(28)11-17-1-3-19(16-27)4-2-17/h1-6,8-9,20,22,27H,7,10-16H2/t20-,22+/m0/s1. The lowest BCUT2D eigenvalue weighted by Crippen LogP contribution is -2.48. The average Bonchev–Trinajstić information content (AvgIpc) is 3.01. The fourth-order valence-electron chi connectivity index (χ4n) is 4.50. The van der Waals surface area contributed by atoms with Crippen molar-refractivity contribution in [2.24, 2.45) is 5.92 Å². The molecule has 2 atom stereocenters. The van der Waals surface area contributed by atoms with Crippen molar-refractivity contribution in [1.29, 1.82) is 0 Å². The topological polar surface area (TPSA) is 43.8 Å². The van der Waals surface area contributed by atoms with E-state index < -0.39 is 0 Å². The molecule has 5 heteroatoms. The van der Waals surface area contributed by atoms with Crippen LogP contribution in [0.15, 0.2) is 48.5 Å². The molecule has 2 aromatic carbocycles. The van der Waals surface area contributed by atoms with Gasteiger partial charge >= 0.3 is 0 Å². The number of hydrogen-bond acceptors (Lipinski definition) is 3. The van der Waals surface area contributed by atoms with Crippen LogP contribution < -0.4 is 0 Å².